The zero-order chi connectivity index (χ0) is 16.5. The summed E-state index contributed by atoms with van der Waals surface area (Å²) in [7, 11) is 0. The molecule has 2 aromatic carbocycles. The van der Waals surface area contributed by atoms with E-state index in [1.54, 1.807) is 18.3 Å². The summed E-state index contributed by atoms with van der Waals surface area (Å²) in [5.41, 5.74) is 3.13. The Labute approximate surface area is 141 Å². The van der Waals surface area contributed by atoms with Crippen molar-refractivity contribution in [1.29, 1.82) is 0 Å². The lowest BCUT2D eigenvalue weighted by atomic mass is 10.1. The number of amides is 1. The maximum Gasteiger partial charge on any atom is 0.261 e. The molecule has 120 valence electrons. The quantitative estimate of drug-likeness (QED) is 0.623. The molecular weight excluding hydrogens is 312 g/mol. The van der Waals surface area contributed by atoms with Crippen molar-refractivity contribution >= 4 is 23.7 Å². The van der Waals surface area contributed by atoms with Crippen LogP contribution in [-0.2, 0) is 22.6 Å². The third kappa shape index (κ3) is 6.12. The number of oxime groups is 1. The predicted octanol–water partition coefficient (Wildman–Crippen LogP) is 3.57. The number of aryl methyl sites for hydroxylation is 1. The number of hydrogen-bond donors (Lipinski definition) is 1. The minimum atomic E-state index is -0.233. The van der Waals surface area contributed by atoms with Crippen LogP contribution in [0.2, 0.25) is 5.02 Å². The Bertz CT molecular complexity index is 669. The zero-order valence-electron chi connectivity index (χ0n) is 13.0. The van der Waals surface area contributed by atoms with E-state index in [2.05, 4.69) is 17.4 Å². The monoisotopic (exact) mass is 330 g/mol. The smallest absolute Gasteiger partial charge is 0.261 e. The Morgan fingerprint density at radius 2 is 2.00 bits per heavy atom. The van der Waals surface area contributed by atoms with Gasteiger partial charge in [0.05, 0.1) is 6.21 Å². The molecule has 4 nitrogen and oxygen atoms in total. The molecule has 0 heterocycles. The molecule has 0 bridgehead atoms. The average Bonchev–Trinajstić information content (AvgIpc) is 2.57. The number of hydrogen-bond acceptors (Lipinski definition) is 3. The fourth-order valence-corrected chi connectivity index (χ4v) is 2.14. The van der Waals surface area contributed by atoms with Crippen molar-refractivity contribution in [3.63, 3.8) is 0 Å². The minimum Gasteiger partial charge on any atom is -0.386 e. The molecule has 0 saturated heterocycles. The molecule has 5 heteroatoms. The molecule has 1 N–H and O–H groups in total. The summed E-state index contributed by atoms with van der Waals surface area (Å²) in [5, 5.41) is 7.19. The summed E-state index contributed by atoms with van der Waals surface area (Å²) >= 11 is 5.88. The van der Waals surface area contributed by atoms with Gasteiger partial charge in [-0.1, -0.05) is 60.1 Å². The molecule has 0 aliphatic carbocycles. The Hall–Kier alpha value is -2.33. The molecule has 0 atom stereocenters. The molecular formula is C18H19ClN2O2. The second-order valence-corrected chi connectivity index (χ2v) is 5.45. The third-order valence-electron chi connectivity index (χ3n) is 3.24. The van der Waals surface area contributed by atoms with Gasteiger partial charge in [-0.15, -0.1) is 0 Å². The Kier molecular flexibility index (Phi) is 6.63. The van der Waals surface area contributed by atoms with Crippen LogP contribution in [0.3, 0.4) is 0 Å². The van der Waals surface area contributed by atoms with E-state index < -0.39 is 0 Å². The Morgan fingerprint density at radius 1 is 1.22 bits per heavy atom. The second kappa shape index (κ2) is 8.96. The Morgan fingerprint density at radius 3 is 2.70 bits per heavy atom. The van der Waals surface area contributed by atoms with Crippen LogP contribution >= 0.6 is 11.6 Å². The molecule has 0 aliphatic rings. The number of benzene rings is 2. The largest absolute Gasteiger partial charge is 0.386 e. The first-order valence-electron chi connectivity index (χ1n) is 7.43. The molecule has 0 aromatic heterocycles. The van der Waals surface area contributed by atoms with Crippen LogP contribution in [0, 0.1) is 0 Å². The van der Waals surface area contributed by atoms with Crippen LogP contribution in [-0.4, -0.2) is 18.7 Å². The van der Waals surface area contributed by atoms with Crippen molar-refractivity contribution in [3.05, 3.63) is 70.2 Å². The van der Waals surface area contributed by atoms with Gasteiger partial charge >= 0.3 is 0 Å². The van der Waals surface area contributed by atoms with Crippen molar-refractivity contribution in [3.8, 4) is 0 Å². The highest BCUT2D eigenvalue weighted by molar-refractivity contribution is 6.30. The molecule has 0 fully saturated rings. The number of halogens is 1. The van der Waals surface area contributed by atoms with Crippen LogP contribution in [0.4, 0.5) is 0 Å². The zero-order valence-corrected chi connectivity index (χ0v) is 13.7. The number of nitrogens with one attached hydrogen (secondary N) is 1. The molecule has 2 rings (SSSR count). The van der Waals surface area contributed by atoms with Gasteiger partial charge in [0.2, 0.25) is 0 Å². The summed E-state index contributed by atoms with van der Waals surface area (Å²) in [6.07, 6.45) is 2.59. The molecule has 0 radical (unpaired) electrons. The lowest BCUT2D eigenvalue weighted by Gasteiger charge is -2.04. The normalized spacial score (nSPS) is 10.7. The first-order valence-corrected chi connectivity index (χ1v) is 7.80. The van der Waals surface area contributed by atoms with Crippen LogP contribution in [0.5, 0.6) is 0 Å². The third-order valence-corrected chi connectivity index (χ3v) is 3.47. The summed E-state index contributed by atoms with van der Waals surface area (Å²) < 4.78 is 0. The van der Waals surface area contributed by atoms with Crippen molar-refractivity contribution in [1.82, 2.24) is 5.32 Å². The summed E-state index contributed by atoms with van der Waals surface area (Å²) in [6, 6.07) is 15.3. The number of rotatable bonds is 7. The van der Waals surface area contributed by atoms with Gasteiger partial charge in [-0.25, -0.2) is 0 Å². The minimum absolute atomic E-state index is 0.121. The molecule has 0 unspecified atom stereocenters. The molecule has 0 aliphatic heterocycles. The lowest BCUT2D eigenvalue weighted by Crippen LogP contribution is -2.26. The van der Waals surface area contributed by atoms with Gasteiger partial charge in [-0.2, -0.15) is 0 Å². The summed E-state index contributed by atoms with van der Waals surface area (Å²) in [4.78, 5) is 16.7. The van der Waals surface area contributed by atoms with Crippen molar-refractivity contribution in [2.24, 2.45) is 5.16 Å². The van der Waals surface area contributed by atoms with E-state index in [-0.39, 0.29) is 12.5 Å². The molecule has 23 heavy (non-hydrogen) atoms. The lowest BCUT2D eigenvalue weighted by molar-refractivity contribution is -0.125. The highest BCUT2D eigenvalue weighted by Crippen LogP contribution is 2.10. The van der Waals surface area contributed by atoms with Crippen molar-refractivity contribution in [2.75, 3.05) is 6.61 Å². The van der Waals surface area contributed by atoms with E-state index in [9.17, 15) is 4.79 Å². The van der Waals surface area contributed by atoms with Crippen LogP contribution < -0.4 is 5.32 Å². The molecule has 2 aromatic rings. The SMILES string of the molecule is CCc1ccc(/C=N\OCC(=O)NCc2cccc(Cl)c2)cc1. The van der Waals surface area contributed by atoms with Gasteiger partial charge in [0.1, 0.15) is 0 Å². The number of carbonyl (C=O) groups is 1. The van der Waals surface area contributed by atoms with Gasteiger partial charge < -0.3 is 10.2 Å². The molecule has 0 spiro atoms. The summed E-state index contributed by atoms with van der Waals surface area (Å²) in [6.45, 7) is 2.39. The van der Waals surface area contributed by atoms with Gasteiger partial charge in [-0.3, -0.25) is 4.79 Å². The maximum absolute atomic E-state index is 11.7. The standard InChI is InChI=1S/C18H19ClN2O2/c1-2-14-6-8-15(9-7-14)12-21-23-13-18(22)20-11-16-4-3-5-17(19)10-16/h3-10,12H,2,11,13H2,1H3,(H,20,22)/b21-12-. The van der Waals surface area contributed by atoms with Crippen LogP contribution in [0.25, 0.3) is 0 Å². The molecule has 0 saturated carbocycles. The van der Waals surface area contributed by atoms with E-state index >= 15 is 0 Å². The van der Waals surface area contributed by atoms with E-state index in [0.717, 1.165) is 17.5 Å². The number of nitrogens with zero attached hydrogens (tertiary/aromatic N) is 1. The fourth-order valence-electron chi connectivity index (χ4n) is 1.93. The summed E-state index contributed by atoms with van der Waals surface area (Å²) in [5.74, 6) is -0.233. The van der Waals surface area contributed by atoms with Gasteiger partial charge in [0, 0.05) is 11.6 Å². The predicted molar refractivity (Wildman–Crippen MR) is 92.7 cm³/mol. The van der Waals surface area contributed by atoms with Gasteiger partial charge in [0.25, 0.3) is 5.91 Å². The Balaban J connectivity index is 1.70. The van der Waals surface area contributed by atoms with Crippen molar-refractivity contribution < 1.29 is 9.63 Å². The highest BCUT2D eigenvalue weighted by Gasteiger charge is 2.01. The first-order chi connectivity index (χ1) is 11.2. The second-order valence-electron chi connectivity index (χ2n) is 5.01. The fraction of sp³-hybridized carbons (Fsp3) is 0.222. The number of carbonyl (C=O) groups excluding carboxylic acids is 1. The highest BCUT2D eigenvalue weighted by atomic mass is 35.5. The van der Waals surface area contributed by atoms with E-state index in [1.165, 1.54) is 5.56 Å². The van der Waals surface area contributed by atoms with Crippen molar-refractivity contribution in [2.45, 2.75) is 19.9 Å². The van der Waals surface area contributed by atoms with Crippen LogP contribution in [0.1, 0.15) is 23.6 Å². The van der Waals surface area contributed by atoms with E-state index in [0.29, 0.717) is 11.6 Å². The van der Waals surface area contributed by atoms with Gasteiger partial charge in [0.15, 0.2) is 6.61 Å². The average molecular weight is 331 g/mol. The van der Waals surface area contributed by atoms with E-state index in [1.807, 2.05) is 36.4 Å². The molecule has 1 amide bonds. The van der Waals surface area contributed by atoms with Gasteiger partial charge in [-0.05, 0) is 35.2 Å². The van der Waals surface area contributed by atoms with E-state index in [4.69, 9.17) is 16.4 Å². The maximum atomic E-state index is 11.7. The van der Waals surface area contributed by atoms with Crippen LogP contribution in [0.15, 0.2) is 53.7 Å². The first kappa shape index (κ1) is 17.0. The topological polar surface area (TPSA) is 50.7 Å².